The van der Waals surface area contributed by atoms with Crippen LogP contribution in [-0.4, -0.2) is 61.3 Å². The first kappa shape index (κ1) is 29.7. The van der Waals surface area contributed by atoms with Gasteiger partial charge in [0.15, 0.2) is 0 Å². The van der Waals surface area contributed by atoms with Gasteiger partial charge in [0.2, 0.25) is 0 Å². The fraction of sp³-hybridized carbons (Fsp3) is 1.00. The van der Waals surface area contributed by atoms with E-state index in [1.54, 1.807) is 5.48 Å². The van der Waals surface area contributed by atoms with Gasteiger partial charge in [0, 0.05) is 13.5 Å². The summed E-state index contributed by atoms with van der Waals surface area (Å²) >= 11 is 0. The zero-order valence-electron chi connectivity index (χ0n) is 14.5. The minimum Gasteiger partial charge on any atom is -0.302 e. The average molecular weight is 507 g/mol. The van der Waals surface area contributed by atoms with Crippen LogP contribution in [0.5, 0.6) is 0 Å². The van der Waals surface area contributed by atoms with Crippen molar-refractivity contribution in [2.24, 2.45) is 0 Å². The molecule has 0 aliphatic rings. The van der Waals surface area contributed by atoms with E-state index >= 15 is 0 Å². The molecule has 0 aromatic heterocycles. The van der Waals surface area contributed by atoms with E-state index in [0.29, 0.717) is 0 Å². The second-order valence-corrected chi connectivity index (χ2v) is 5.80. The van der Waals surface area contributed by atoms with Crippen LogP contribution in [0, 0.1) is 0 Å². The molecule has 19 heteroatoms. The first-order valence-corrected chi connectivity index (χ1v) is 7.31. The van der Waals surface area contributed by atoms with Crippen LogP contribution in [0.4, 0.5) is 74.6 Å². The van der Waals surface area contributed by atoms with Crippen LogP contribution in [-0.2, 0) is 4.84 Å². The molecule has 0 spiro atoms. The van der Waals surface area contributed by atoms with Crippen molar-refractivity contribution in [3.05, 3.63) is 0 Å². The third kappa shape index (κ3) is 4.35. The Morgan fingerprint density at radius 2 is 0.839 bits per heavy atom. The minimum atomic E-state index is -8.60. The van der Waals surface area contributed by atoms with Crippen LogP contribution < -0.4 is 5.48 Å². The Kier molecular flexibility index (Phi) is 7.92. The Morgan fingerprint density at radius 1 is 0.516 bits per heavy atom. The molecular weight excluding hydrogens is 497 g/mol. The van der Waals surface area contributed by atoms with Crippen molar-refractivity contribution in [3.63, 3.8) is 0 Å². The van der Waals surface area contributed by atoms with E-state index in [1.165, 1.54) is 0 Å². The zero-order chi connectivity index (χ0) is 25.5. The first-order valence-electron chi connectivity index (χ1n) is 7.31. The molecule has 31 heavy (non-hydrogen) atoms. The van der Waals surface area contributed by atoms with E-state index in [-0.39, 0.29) is 0 Å². The van der Waals surface area contributed by atoms with E-state index in [4.69, 9.17) is 0 Å². The largest absolute Gasteiger partial charge is 0.460 e. The van der Waals surface area contributed by atoms with Crippen molar-refractivity contribution >= 4 is 0 Å². The molecule has 1 N–H and O–H groups in total. The highest BCUT2D eigenvalue weighted by molar-refractivity contribution is 5.15. The molecule has 0 radical (unpaired) electrons. The molecule has 2 nitrogen and oxygen atoms in total. The van der Waals surface area contributed by atoms with E-state index in [1.807, 2.05) is 0 Å². The van der Waals surface area contributed by atoms with Gasteiger partial charge in [-0.1, -0.05) is 0 Å². The van der Waals surface area contributed by atoms with Crippen molar-refractivity contribution in [1.82, 2.24) is 5.48 Å². The maximum Gasteiger partial charge on any atom is 0.460 e. The number of hydroxylamine groups is 1. The standard InChI is InChI=1S/C12H10F17NO/c1-30-31-4-2-3-5(13,14)6(15,16)7(17,18)8(19,20)9(21,22)10(23,24)11(25,26)12(27,28)29/h30H,2-4H2,1H3. The van der Waals surface area contributed by atoms with Crippen molar-refractivity contribution in [2.45, 2.75) is 60.5 Å². The molecule has 0 unspecified atom stereocenters. The van der Waals surface area contributed by atoms with E-state index in [9.17, 15) is 74.6 Å². The lowest BCUT2D eigenvalue weighted by atomic mass is 9.88. The molecule has 0 aliphatic heterocycles. The number of hydrogen-bond donors (Lipinski definition) is 1. The molecule has 0 fully saturated rings. The smallest absolute Gasteiger partial charge is 0.302 e. The minimum absolute atomic E-state index is 0.976. The van der Waals surface area contributed by atoms with Crippen LogP contribution in [0.2, 0.25) is 0 Å². The molecule has 188 valence electrons. The number of nitrogens with one attached hydrogen (secondary N) is 1. The number of halogens is 17. The van der Waals surface area contributed by atoms with Gasteiger partial charge in [0.1, 0.15) is 0 Å². The van der Waals surface area contributed by atoms with E-state index < -0.39 is 67.1 Å². The molecule has 0 aliphatic carbocycles. The summed E-state index contributed by atoms with van der Waals surface area (Å²) in [6, 6.07) is 0. The molecule has 0 heterocycles. The van der Waals surface area contributed by atoms with Gasteiger partial charge >= 0.3 is 47.6 Å². The normalized spacial score (nSPS) is 16.1. The summed E-state index contributed by atoms with van der Waals surface area (Å²) in [6.07, 6.45) is -11.6. The van der Waals surface area contributed by atoms with Crippen molar-refractivity contribution in [3.8, 4) is 0 Å². The molecule has 0 saturated heterocycles. The van der Waals surface area contributed by atoms with Gasteiger partial charge in [-0.25, -0.2) is 5.48 Å². The van der Waals surface area contributed by atoms with Gasteiger partial charge in [0.25, 0.3) is 0 Å². The fourth-order valence-electron chi connectivity index (χ4n) is 1.82. The van der Waals surface area contributed by atoms with Crippen molar-refractivity contribution < 1.29 is 79.5 Å². The predicted molar refractivity (Wildman–Crippen MR) is 64.9 cm³/mol. The quantitative estimate of drug-likeness (QED) is 0.213. The lowest BCUT2D eigenvalue weighted by Gasteiger charge is -2.42. The molecule has 0 aromatic rings. The average Bonchev–Trinajstić information content (AvgIpc) is 2.56. The molecule has 0 saturated carbocycles. The van der Waals surface area contributed by atoms with Crippen LogP contribution >= 0.6 is 0 Å². The molecular formula is C12H10F17NO. The van der Waals surface area contributed by atoms with Gasteiger partial charge in [0.05, 0.1) is 6.61 Å². The fourth-order valence-corrected chi connectivity index (χ4v) is 1.82. The van der Waals surface area contributed by atoms with Gasteiger partial charge in [-0.2, -0.15) is 74.6 Å². The lowest BCUT2D eigenvalue weighted by Crippen LogP contribution is -2.74. The van der Waals surface area contributed by atoms with Crippen LogP contribution in [0.3, 0.4) is 0 Å². The van der Waals surface area contributed by atoms with E-state index in [0.717, 1.165) is 7.05 Å². The summed E-state index contributed by atoms with van der Waals surface area (Å²) in [5, 5.41) is 0. The molecule has 0 aromatic carbocycles. The summed E-state index contributed by atoms with van der Waals surface area (Å²) in [5.41, 5.74) is 1.76. The van der Waals surface area contributed by atoms with Crippen molar-refractivity contribution in [2.75, 3.05) is 13.7 Å². The zero-order valence-corrected chi connectivity index (χ0v) is 14.5. The Morgan fingerprint density at radius 3 is 1.16 bits per heavy atom. The SMILES string of the molecule is CNOCCCC(F)(F)C(F)(F)C(F)(F)C(F)(F)C(F)(F)C(F)(F)C(F)(F)C(F)(F)F. The first-order chi connectivity index (χ1) is 13.3. The predicted octanol–water partition coefficient (Wildman–Crippen LogP) is 5.93. The summed E-state index contributed by atoms with van der Waals surface area (Å²) in [5.74, 6) is -56.0. The van der Waals surface area contributed by atoms with Gasteiger partial charge in [-0.15, -0.1) is 0 Å². The summed E-state index contributed by atoms with van der Waals surface area (Å²) < 4.78 is 220. The van der Waals surface area contributed by atoms with E-state index in [2.05, 4.69) is 4.84 Å². The highest BCUT2D eigenvalue weighted by Crippen LogP contribution is 2.64. The lowest BCUT2D eigenvalue weighted by molar-refractivity contribution is -0.461. The Balaban J connectivity index is 6.37. The topological polar surface area (TPSA) is 21.3 Å². The molecule has 0 bridgehead atoms. The van der Waals surface area contributed by atoms with Gasteiger partial charge in [-0.3, -0.25) is 0 Å². The molecule has 0 rings (SSSR count). The monoisotopic (exact) mass is 507 g/mol. The summed E-state index contributed by atoms with van der Waals surface area (Å²) in [4.78, 5) is 4.09. The number of hydrogen-bond acceptors (Lipinski definition) is 2. The van der Waals surface area contributed by atoms with Crippen LogP contribution in [0.25, 0.3) is 0 Å². The van der Waals surface area contributed by atoms with Gasteiger partial charge in [-0.05, 0) is 6.42 Å². The summed E-state index contributed by atoms with van der Waals surface area (Å²) in [6.45, 7) is -0.976. The highest BCUT2D eigenvalue weighted by Gasteiger charge is 2.95. The highest BCUT2D eigenvalue weighted by atomic mass is 19.4. The second-order valence-electron chi connectivity index (χ2n) is 5.80. The van der Waals surface area contributed by atoms with Crippen molar-refractivity contribution in [1.29, 1.82) is 0 Å². The second kappa shape index (κ2) is 8.26. The van der Waals surface area contributed by atoms with Gasteiger partial charge < -0.3 is 4.84 Å². The molecule has 0 amide bonds. The van der Waals surface area contributed by atoms with Crippen LogP contribution in [0.15, 0.2) is 0 Å². The maximum absolute atomic E-state index is 13.4. The number of rotatable bonds is 11. The Labute approximate surface area is 160 Å². The number of alkyl halides is 17. The Hall–Kier alpha value is -1.27. The third-order valence-corrected chi connectivity index (χ3v) is 3.67. The Bertz CT molecular complexity index is 611. The third-order valence-electron chi connectivity index (χ3n) is 3.67. The maximum atomic E-state index is 13.4. The summed E-state index contributed by atoms with van der Waals surface area (Å²) in [7, 11) is 0.987. The van der Waals surface area contributed by atoms with Crippen LogP contribution in [0.1, 0.15) is 12.8 Å². The molecule has 0 atom stereocenters.